The van der Waals surface area contributed by atoms with E-state index in [0.29, 0.717) is 17.1 Å². The van der Waals surface area contributed by atoms with Crippen LogP contribution in [0.15, 0.2) is 42.5 Å². The summed E-state index contributed by atoms with van der Waals surface area (Å²) in [5.74, 6) is 0.435. The molecule has 2 aromatic carbocycles. The molecule has 0 aromatic heterocycles. The van der Waals surface area contributed by atoms with Gasteiger partial charge in [0.25, 0.3) is 11.6 Å². The third-order valence-corrected chi connectivity index (χ3v) is 3.55. The van der Waals surface area contributed by atoms with E-state index < -0.39 is 10.8 Å². The summed E-state index contributed by atoms with van der Waals surface area (Å²) >= 11 is 5.09. The van der Waals surface area contributed by atoms with Gasteiger partial charge in [-0.25, -0.2) is 0 Å². The van der Waals surface area contributed by atoms with Crippen LogP contribution in [0.1, 0.15) is 24.2 Å². The van der Waals surface area contributed by atoms with E-state index in [9.17, 15) is 14.9 Å². The molecule has 142 valence electrons. The molecule has 0 saturated carbocycles. The minimum absolute atomic E-state index is 0.0262. The Balaban J connectivity index is 2.10. The first-order valence-electron chi connectivity index (χ1n) is 8.01. The number of methoxy groups -OCH3 is 1. The zero-order chi connectivity index (χ0) is 20.0. The first kappa shape index (κ1) is 20.1. The fraction of sp³-hybridized carbons (Fsp3) is 0.222. The lowest BCUT2D eigenvalue weighted by Gasteiger charge is -2.12. The van der Waals surface area contributed by atoms with Gasteiger partial charge in [-0.1, -0.05) is 6.07 Å². The summed E-state index contributed by atoms with van der Waals surface area (Å²) in [4.78, 5) is 23.0. The molecule has 0 spiro atoms. The average Bonchev–Trinajstić information content (AvgIpc) is 2.61. The molecule has 2 N–H and O–H groups in total. The molecule has 2 aromatic rings. The molecule has 0 saturated heterocycles. The average molecular weight is 389 g/mol. The van der Waals surface area contributed by atoms with Gasteiger partial charge in [0.15, 0.2) is 5.11 Å². The normalized spacial score (nSPS) is 10.2. The molecule has 0 fully saturated rings. The standard InChI is InChI=1S/C18H19N3O5S/c1-11(2)26-14-6-4-5-12(9-14)17(22)20-18(27)19-15-8-7-13(25-3)10-16(15)21(23)24/h4-11H,1-3H3,(H2,19,20,22,27). The van der Waals surface area contributed by atoms with Gasteiger partial charge in [-0.2, -0.15) is 0 Å². The highest BCUT2D eigenvalue weighted by molar-refractivity contribution is 7.80. The summed E-state index contributed by atoms with van der Waals surface area (Å²) < 4.78 is 10.5. The minimum atomic E-state index is -0.567. The summed E-state index contributed by atoms with van der Waals surface area (Å²) in [7, 11) is 1.41. The lowest BCUT2D eigenvalue weighted by Crippen LogP contribution is -2.34. The predicted molar refractivity (Wildman–Crippen MR) is 106 cm³/mol. The number of hydrogen-bond donors (Lipinski definition) is 2. The van der Waals surface area contributed by atoms with Crippen LogP contribution in [0.3, 0.4) is 0 Å². The highest BCUT2D eigenvalue weighted by Gasteiger charge is 2.17. The molecule has 0 unspecified atom stereocenters. The molecule has 9 heteroatoms. The third kappa shape index (κ3) is 5.65. The number of nitro groups is 1. The van der Waals surface area contributed by atoms with Crippen molar-refractivity contribution in [2.45, 2.75) is 20.0 Å². The molecule has 0 aliphatic rings. The van der Waals surface area contributed by atoms with E-state index in [1.54, 1.807) is 30.3 Å². The van der Waals surface area contributed by atoms with Crippen molar-refractivity contribution in [3.8, 4) is 11.5 Å². The molecule has 0 atom stereocenters. The molecular weight excluding hydrogens is 370 g/mol. The Morgan fingerprint density at radius 1 is 1.19 bits per heavy atom. The van der Waals surface area contributed by atoms with Crippen molar-refractivity contribution in [2.75, 3.05) is 12.4 Å². The molecule has 27 heavy (non-hydrogen) atoms. The number of carbonyl (C=O) groups excluding carboxylic acids is 1. The number of rotatable bonds is 6. The quantitative estimate of drug-likeness (QED) is 0.443. The van der Waals surface area contributed by atoms with Crippen LogP contribution in [-0.2, 0) is 0 Å². The highest BCUT2D eigenvalue weighted by Crippen LogP contribution is 2.28. The number of benzene rings is 2. The number of amides is 1. The predicted octanol–water partition coefficient (Wildman–Crippen LogP) is 3.52. The van der Waals surface area contributed by atoms with Gasteiger partial charge in [0, 0.05) is 5.56 Å². The Labute approximate surface area is 161 Å². The van der Waals surface area contributed by atoms with E-state index in [2.05, 4.69) is 10.6 Å². The third-order valence-electron chi connectivity index (χ3n) is 3.34. The zero-order valence-corrected chi connectivity index (χ0v) is 15.8. The summed E-state index contributed by atoms with van der Waals surface area (Å²) in [6.45, 7) is 3.76. The topological polar surface area (TPSA) is 103 Å². The van der Waals surface area contributed by atoms with Crippen molar-refractivity contribution in [3.63, 3.8) is 0 Å². The molecule has 8 nitrogen and oxygen atoms in total. The largest absolute Gasteiger partial charge is 0.496 e. The van der Waals surface area contributed by atoms with Gasteiger partial charge in [0.2, 0.25) is 0 Å². The maximum atomic E-state index is 12.4. The van der Waals surface area contributed by atoms with Crippen LogP contribution in [0.2, 0.25) is 0 Å². The van der Waals surface area contributed by atoms with Gasteiger partial charge >= 0.3 is 0 Å². The molecule has 1 amide bonds. The van der Waals surface area contributed by atoms with E-state index >= 15 is 0 Å². The number of nitro benzene ring substituents is 1. The van der Waals surface area contributed by atoms with Crippen molar-refractivity contribution in [3.05, 3.63) is 58.1 Å². The molecular formula is C18H19N3O5S. The Morgan fingerprint density at radius 3 is 2.56 bits per heavy atom. The maximum Gasteiger partial charge on any atom is 0.296 e. The molecule has 0 aliphatic heterocycles. The van der Waals surface area contributed by atoms with Crippen LogP contribution in [-0.4, -0.2) is 29.2 Å². The second kappa shape index (κ2) is 8.95. The van der Waals surface area contributed by atoms with Crippen LogP contribution < -0.4 is 20.1 Å². The van der Waals surface area contributed by atoms with Crippen molar-refractivity contribution < 1.29 is 19.2 Å². The van der Waals surface area contributed by atoms with Crippen molar-refractivity contribution >= 4 is 34.6 Å². The first-order chi connectivity index (χ1) is 12.8. The lowest BCUT2D eigenvalue weighted by atomic mass is 10.2. The van der Waals surface area contributed by atoms with Gasteiger partial charge in [-0.3, -0.25) is 20.2 Å². The summed E-state index contributed by atoms with van der Waals surface area (Å²) in [5, 5.41) is 16.3. The van der Waals surface area contributed by atoms with Crippen LogP contribution in [0, 0.1) is 10.1 Å². The van der Waals surface area contributed by atoms with Gasteiger partial charge < -0.3 is 14.8 Å². The second-order valence-electron chi connectivity index (χ2n) is 5.74. The summed E-state index contributed by atoms with van der Waals surface area (Å²) in [5.41, 5.74) is 0.266. The van der Waals surface area contributed by atoms with Gasteiger partial charge in [-0.05, 0) is 56.4 Å². The number of nitrogens with zero attached hydrogens (tertiary/aromatic N) is 1. The molecule has 0 aliphatic carbocycles. The molecule has 0 heterocycles. The van der Waals surface area contributed by atoms with E-state index in [4.69, 9.17) is 21.7 Å². The number of hydrogen-bond acceptors (Lipinski definition) is 6. The van der Waals surface area contributed by atoms with Crippen LogP contribution >= 0.6 is 12.2 Å². The molecule has 0 bridgehead atoms. The van der Waals surface area contributed by atoms with Crippen molar-refractivity contribution in [1.29, 1.82) is 0 Å². The fourth-order valence-electron chi connectivity index (χ4n) is 2.21. The number of nitrogens with one attached hydrogen (secondary N) is 2. The molecule has 0 radical (unpaired) electrons. The highest BCUT2D eigenvalue weighted by atomic mass is 32.1. The number of anilines is 1. The Morgan fingerprint density at radius 2 is 1.93 bits per heavy atom. The minimum Gasteiger partial charge on any atom is -0.496 e. The van der Waals surface area contributed by atoms with E-state index in [1.807, 2.05) is 13.8 Å². The summed E-state index contributed by atoms with van der Waals surface area (Å²) in [6, 6.07) is 10.9. The lowest BCUT2D eigenvalue weighted by molar-refractivity contribution is -0.384. The van der Waals surface area contributed by atoms with Crippen molar-refractivity contribution in [2.24, 2.45) is 0 Å². The number of carbonyl (C=O) groups is 1. The van der Waals surface area contributed by atoms with Crippen LogP contribution in [0.5, 0.6) is 11.5 Å². The fourth-order valence-corrected chi connectivity index (χ4v) is 2.41. The zero-order valence-electron chi connectivity index (χ0n) is 15.0. The van der Waals surface area contributed by atoms with E-state index in [1.165, 1.54) is 19.2 Å². The number of ether oxygens (including phenoxy) is 2. The van der Waals surface area contributed by atoms with E-state index in [-0.39, 0.29) is 22.6 Å². The van der Waals surface area contributed by atoms with E-state index in [0.717, 1.165) is 0 Å². The maximum absolute atomic E-state index is 12.4. The monoisotopic (exact) mass is 389 g/mol. The van der Waals surface area contributed by atoms with Crippen molar-refractivity contribution in [1.82, 2.24) is 5.32 Å². The summed E-state index contributed by atoms with van der Waals surface area (Å²) in [6.07, 6.45) is -0.0262. The molecule has 2 rings (SSSR count). The SMILES string of the molecule is COc1ccc(NC(=S)NC(=O)c2cccc(OC(C)C)c2)c([N+](=O)[O-])c1. The van der Waals surface area contributed by atoms with Crippen LogP contribution in [0.25, 0.3) is 0 Å². The number of thiocarbonyl (C=S) groups is 1. The Kier molecular flexibility index (Phi) is 6.67. The second-order valence-corrected chi connectivity index (χ2v) is 6.15. The van der Waals surface area contributed by atoms with Gasteiger partial charge in [-0.15, -0.1) is 0 Å². The Bertz CT molecular complexity index is 870. The smallest absolute Gasteiger partial charge is 0.296 e. The first-order valence-corrected chi connectivity index (χ1v) is 8.42. The van der Waals surface area contributed by atoms with Gasteiger partial charge in [0.05, 0.1) is 24.2 Å². The Hall–Kier alpha value is -3.20. The van der Waals surface area contributed by atoms with Crippen LogP contribution in [0.4, 0.5) is 11.4 Å². The van der Waals surface area contributed by atoms with Gasteiger partial charge in [0.1, 0.15) is 17.2 Å².